The van der Waals surface area contributed by atoms with Gasteiger partial charge in [-0.2, -0.15) is 11.8 Å². The molecule has 94 valence electrons. The van der Waals surface area contributed by atoms with Crippen LogP contribution in [0.15, 0.2) is 0 Å². The molecule has 1 N–H and O–H groups in total. The fourth-order valence-corrected chi connectivity index (χ4v) is 3.41. The Morgan fingerprint density at radius 3 is 2.94 bits per heavy atom. The van der Waals surface area contributed by atoms with Crippen molar-refractivity contribution < 1.29 is 4.74 Å². The summed E-state index contributed by atoms with van der Waals surface area (Å²) in [5, 5.41) is 3.67. The molecule has 4 heteroatoms. The fourth-order valence-electron chi connectivity index (χ4n) is 2.44. The minimum absolute atomic E-state index is 0.442. The van der Waals surface area contributed by atoms with E-state index in [0.29, 0.717) is 12.1 Å². The number of hydrogen-bond donors (Lipinski definition) is 1. The van der Waals surface area contributed by atoms with E-state index in [0.717, 1.165) is 13.2 Å². The van der Waals surface area contributed by atoms with Gasteiger partial charge in [0, 0.05) is 50.3 Å². The molecule has 0 spiro atoms. The highest BCUT2D eigenvalue weighted by Crippen LogP contribution is 2.13. The molecule has 3 nitrogen and oxygen atoms in total. The van der Waals surface area contributed by atoms with Gasteiger partial charge < -0.3 is 15.0 Å². The zero-order valence-corrected chi connectivity index (χ0v) is 11.1. The van der Waals surface area contributed by atoms with Crippen LogP contribution in [0.3, 0.4) is 0 Å². The standard InChI is InChI=1S/C12H24N2OS/c1-11-10-12(2-7-15-11)13-3-4-14-5-8-16-9-6-14/h11-13H,2-10H2,1H3. The normalized spacial score (nSPS) is 32.8. The van der Waals surface area contributed by atoms with Crippen molar-refractivity contribution in [2.75, 3.05) is 44.3 Å². The van der Waals surface area contributed by atoms with Gasteiger partial charge in [-0.25, -0.2) is 0 Å². The zero-order valence-electron chi connectivity index (χ0n) is 10.3. The summed E-state index contributed by atoms with van der Waals surface area (Å²) < 4.78 is 5.55. The van der Waals surface area contributed by atoms with Gasteiger partial charge in [-0.3, -0.25) is 0 Å². The molecular weight excluding hydrogens is 220 g/mol. The summed E-state index contributed by atoms with van der Waals surface area (Å²) in [6.45, 7) is 8.01. The van der Waals surface area contributed by atoms with E-state index in [4.69, 9.17) is 4.74 Å². The SMILES string of the molecule is CC1CC(NCCN2CCSCC2)CCO1. The maximum absolute atomic E-state index is 5.55. The predicted octanol–water partition coefficient (Wildman–Crippen LogP) is 1.19. The van der Waals surface area contributed by atoms with E-state index >= 15 is 0 Å². The highest BCUT2D eigenvalue weighted by Gasteiger charge is 2.18. The summed E-state index contributed by atoms with van der Waals surface area (Å²) >= 11 is 2.08. The van der Waals surface area contributed by atoms with Crippen LogP contribution in [0.4, 0.5) is 0 Å². The molecule has 2 rings (SSSR count). The van der Waals surface area contributed by atoms with Crippen LogP contribution in [0.1, 0.15) is 19.8 Å². The van der Waals surface area contributed by atoms with Gasteiger partial charge in [-0.1, -0.05) is 0 Å². The first-order valence-corrected chi connectivity index (χ1v) is 7.65. The fraction of sp³-hybridized carbons (Fsp3) is 1.00. The molecule has 0 aromatic rings. The van der Waals surface area contributed by atoms with E-state index < -0.39 is 0 Å². The molecular formula is C12H24N2OS. The molecule has 0 aromatic carbocycles. The van der Waals surface area contributed by atoms with Crippen LogP contribution in [0.2, 0.25) is 0 Å². The Morgan fingerprint density at radius 2 is 2.19 bits per heavy atom. The van der Waals surface area contributed by atoms with E-state index in [-0.39, 0.29) is 0 Å². The Morgan fingerprint density at radius 1 is 1.38 bits per heavy atom. The Labute approximate surface area is 103 Å². The molecule has 2 heterocycles. The van der Waals surface area contributed by atoms with E-state index in [9.17, 15) is 0 Å². The molecule has 2 saturated heterocycles. The van der Waals surface area contributed by atoms with Gasteiger partial charge in [0.25, 0.3) is 0 Å². The lowest BCUT2D eigenvalue weighted by molar-refractivity contribution is 0.0131. The van der Waals surface area contributed by atoms with Gasteiger partial charge in [0.2, 0.25) is 0 Å². The summed E-state index contributed by atoms with van der Waals surface area (Å²) in [7, 11) is 0. The molecule has 2 aliphatic heterocycles. The van der Waals surface area contributed by atoms with Gasteiger partial charge in [0.1, 0.15) is 0 Å². The molecule has 0 bridgehead atoms. The van der Waals surface area contributed by atoms with Gasteiger partial charge >= 0.3 is 0 Å². The lowest BCUT2D eigenvalue weighted by atomic mass is 10.0. The maximum Gasteiger partial charge on any atom is 0.0561 e. The van der Waals surface area contributed by atoms with E-state index in [2.05, 4.69) is 28.9 Å². The molecule has 2 aliphatic rings. The van der Waals surface area contributed by atoms with Crippen LogP contribution in [0, 0.1) is 0 Å². The van der Waals surface area contributed by atoms with Crippen molar-refractivity contribution in [1.29, 1.82) is 0 Å². The molecule has 0 amide bonds. The van der Waals surface area contributed by atoms with Gasteiger partial charge in [0.05, 0.1) is 6.10 Å². The smallest absolute Gasteiger partial charge is 0.0561 e. The van der Waals surface area contributed by atoms with Crippen LogP contribution in [-0.4, -0.2) is 61.3 Å². The summed E-state index contributed by atoms with van der Waals surface area (Å²) in [4.78, 5) is 2.58. The van der Waals surface area contributed by atoms with Crippen LogP contribution in [-0.2, 0) is 4.74 Å². The second kappa shape index (κ2) is 6.84. The summed E-state index contributed by atoms with van der Waals surface area (Å²) in [5.41, 5.74) is 0. The maximum atomic E-state index is 5.55. The van der Waals surface area contributed by atoms with Crippen LogP contribution in [0.5, 0.6) is 0 Å². The summed E-state index contributed by atoms with van der Waals surface area (Å²) in [6, 6.07) is 0.683. The minimum Gasteiger partial charge on any atom is -0.378 e. The first-order valence-electron chi connectivity index (χ1n) is 6.49. The molecule has 16 heavy (non-hydrogen) atoms. The molecule has 0 aromatic heterocycles. The first-order chi connectivity index (χ1) is 7.84. The third kappa shape index (κ3) is 4.24. The highest BCUT2D eigenvalue weighted by atomic mass is 32.2. The van der Waals surface area contributed by atoms with E-state index in [1.165, 1.54) is 44.0 Å². The Balaban J connectivity index is 1.56. The Bertz CT molecular complexity index is 197. The van der Waals surface area contributed by atoms with Gasteiger partial charge in [0.15, 0.2) is 0 Å². The van der Waals surface area contributed by atoms with Crippen LogP contribution < -0.4 is 5.32 Å². The van der Waals surface area contributed by atoms with Gasteiger partial charge in [-0.15, -0.1) is 0 Å². The van der Waals surface area contributed by atoms with E-state index in [1.54, 1.807) is 0 Å². The second-order valence-electron chi connectivity index (χ2n) is 4.81. The van der Waals surface area contributed by atoms with Crippen molar-refractivity contribution in [3.63, 3.8) is 0 Å². The Kier molecular flexibility index (Phi) is 5.42. The molecule has 2 unspecified atom stereocenters. The summed E-state index contributed by atoms with van der Waals surface area (Å²) in [5.74, 6) is 2.63. The van der Waals surface area contributed by atoms with Gasteiger partial charge in [-0.05, 0) is 19.8 Å². The second-order valence-corrected chi connectivity index (χ2v) is 6.04. The van der Waals surface area contributed by atoms with Crippen LogP contribution in [0.25, 0.3) is 0 Å². The Hall–Kier alpha value is 0.230. The van der Waals surface area contributed by atoms with Crippen LogP contribution >= 0.6 is 11.8 Å². The molecule has 2 fully saturated rings. The number of nitrogens with one attached hydrogen (secondary N) is 1. The largest absolute Gasteiger partial charge is 0.378 e. The van der Waals surface area contributed by atoms with E-state index in [1.807, 2.05) is 0 Å². The predicted molar refractivity (Wildman–Crippen MR) is 70.2 cm³/mol. The minimum atomic E-state index is 0.442. The third-order valence-electron chi connectivity index (χ3n) is 3.45. The topological polar surface area (TPSA) is 24.5 Å². The number of nitrogens with zero attached hydrogens (tertiary/aromatic N) is 1. The van der Waals surface area contributed by atoms with Crippen molar-refractivity contribution >= 4 is 11.8 Å². The van der Waals surface area contributed by atoms with Crippen molar-refractivity contribution in [2.24, 2.45) is 0 Å². The average Bonchev–Trinajstić information content (AvgIpc) is 2.30. The lowest BCUT2D eigenvalue weighted by Gasteiger charge is -2.30. The van der Waals surface area contributed by atoms with Crippen molar-refractivity contribution in [3.05, 3.63) is 0 Å². The monoisotopic (exact) mass is 244 g/mol. The highest BCUT2D eigenvalue weighted by molar-refractivity contribution is 7.99. The molecule has 2 atom stereocenters. The molecule has 0 aliphatic carbocycles. The van der Waals surface area contributed by atoms with Crippen molar-refractivity contribution in [2.45, 2.75) is 31.9 Å². The quantitative estimate of drug-likeness (QED) is 0.803. The summed E-state index contributed by atoms with van der Waals surface area (Å²) in [6.07, 6.45) is 2.80. The number of thioether (sulfide) groups is 1. The number of rotatable bonds is 4. The molecule has 0 radical (unpaired) electrons. The zero-order chi connectivity index (χ0) is 11.2. The number of hydrogen-bond acceptors (Lipinski definition) is 4. The third-order valence-corrected chi connectivity index (χ3v) is 4.39. The molecule has 0 saturated carbocycles. The van der Waals surface area contributed by atoms with Crippen molar-refractivity contribution in [3.8, 4) is 0 Å². The number of ether oxygens (including phenoxy) is 1. The average molecular weight is 244 g/mol. The first kappa shape index (κ1) is 12.7. The lowest BCUT2D eigenvalue weighted by Crippen LogP contribution is -2.43. The van der Waals surface area contributed by atoms with Crippen molar-refractivity contribution in [1.82, 2.24) is 10.2 Å².